The molecule has 27 heavy (non-hydrogen) atoms. The van der Waals surface area contributed by atoms with E-state index in [2.05, 4.69) is 35.6 Å². The quantitative estimate of drug-likeness (QED) is 0.731. The summed E-state index contributed by atoms with van der Waals surface area (Å²) in [6.45, 7) is 1.91. The van der Waals surface area contributed by atoms with Gasteiger partial charge in [-0.05, 0) is 43.7 Å². The van der Waals surface area contributed by atoms with Crippen molar-refractivity contribution in [1.82, 2.24) is 9.97 Å². The van der Waals surface area contributed by atoms with E-state index in [4.69, 9.17) is 9.97 Å². The molecule has 1 heterocycles. The molecule has 1 amide bonds. The van der Waals surface area contributed by atoms with Crippen molar-refractivity contribution in [2.75, 3.05) is 5.32 Å². The van der Waals surface area contributed by atoms with E-state index < -0.39 is 0 Å². The Morgan fingerprint density at radius 3 is 2.63 bits per heavy atom. The van der Waals surface area contributed by atoms with Crippen LogP contribution in [0.2, 0.25) is 0 Å². The number of hydrogen-bond donors (Lipinski definition) is 1. The molecule has 0 saturated carbocycles. The largest absolute Gasteiger partial charge is 0.309 e. The van der Waals surface area contributed by atoms with Crippen LogP contribution < -0.4 is 5.32 Å². The Balaban J connectivity index is 1.43. The van der Waals surface area contributed by atoms with Crippen molar-refractivity contribution < 1.29 is 4.79 Å². The van der Waals surface area contributed by atoms with Gasteiger partial charge in [0, 0.05) is 12.0 Å². The van der Waals surface area contributed by atoms with Gasteiger partial charge in [0.15, 0.2) is 5.82 Å². The van der Waals surface area contributed by atoms with E-state index in [-0.39, 0.29) is 5.91 Å². The molecule has 2 aromatic carbocycles. The summed E-state index contributed by atoms with van der Waals surface area (Å²) in [5.74, 6) is 0.595. The predicted molar refractivity (Wildman–Crippen MR) is 108 cm³/mol. The maximum Gasteiger partial charge on any atom is 0.225 e. The van der Waals surface area contributed by atoms with Crippen molar-refractivity contribution in [3.63, 3.8) is 0 Å². The van der Waals surface area contributed by atoms with E-state index in [1.165, 1.54) is 11.1 Å². The Hall–Kier alpha value is -3.01. The highest BCUT2D eigenvalue weighted by molar-refractivity contribution is 5.90. The first-order chi connectivity index (χ1) is 13.2. The minimum absolute atomic E-state index is 0.000472. The van der Waals surface area contributed by atoms with Crippen LogP contribution in [-0.2, 0) is 24.1 Å². The number of carbonyl (C=O) groups is 1. The minimum atomic E-state index is -0.000472. The second-order valence-corrected chi connectivity index (χ2v) is 7.00. The summed E-state index contributed by atoms with van der Waals surface area (Å²) in [7, 11) is 0. The smallest absolute Gasteiger partial charge is 0.225 e. The van der Waals surface area contributed by atoms with Crippen LogP contribution in [0.4, 0.5) is 5.82 Å². The van der Waals surface area contributed by atoms with E-state index >= 15 is 0 Å². The highest BCUT2D eigenvalue weighted by Crippen LogP contribution is 2.32. The van der Waals surface area contributed by atoms with E-state index in [0.717, 1.165) is 48.3 Å². The van der Waals surface area contributed by atoms with Crippen LogP contribution in [0.25, 0.3) is 11.3 Å². The molecule has 4 rings (SSSR count). The SMILES string of the molecule is Cc1nc2c(nc1NC(=O)CCCc1ccccc1)CCc1ccccc1-2. The summed E-state index contributed by atoms with van der Waals surface area (Å²) in [6, 6.07) is 18.6. The highest BCUT2D eigenvalue weighted by atomic mass is 16.1. The molecule has 1 aromatic heterocycles. The topological polar surface area (TPSA) is 54.9 Å². The van der Waals surface area contributed by atoms with Gasteiger partial charge in [0.05, 0.1) is 17.1 Å². The maximum atomic E-state index is 12.3. The summed E-state index contributed by atoms with van der Waals surface area (Å²) in [4.78, 5) is 21.8. The molecule has 0 unspecified atom stereocenters. The second-order valence-electron chi connectivity index (χ2n) is 7.00. The van der Waals surface area contributed by atoms with E-state index in [0.29, 0.717) is 12.2 Å². The van der Waals surface area contributed by atoms with Gasteiger partial charge in [-0.1, -0.05) is 54.6 Å². The standard InChI is InChI=1S/C23H23N3O/c1-16-23(26-21(27)13-7-10-17-8-3-2-4-9-17)25-20-15-14-18-11-5-6-12-19(18)22(20)24-16/h2-6,8-9,11-12H,7,10,13-15H2,1H3,(H,25,26,27). The lowest BCUT2D eigenvalue weighted by Gasteiger charge is -2.20. The van der Waals surface area contributed by atoms with Gasteiger partial charge in [0.25, 0.3) is 0 Å². The Bertz CT molecular complexity index is 967. The highest BCUT2D eigenvalue weighted by Gasteiger charge is 2.20. The third-order valence-corrected chi connectivity index (χ3v) is 5.02. The minimum Gasteiger partial charge on any atom is -0.309 e. The molecule has 0 atom stereocenters. The average Bonchev–Trinajstić information content (AvgIpc) is 2.69. The number of carbonyl (C=O) groups excluding carboxylic acids is 1. The monoisotopic (exact) mass is 357 g/mol. The second kappa shape index (κ2) is 7.70. The summed E-state index contributed by atoms with van der Waals surface area (Å²) in [6.07, 6.45) is 4.03. The molecule has 3 aromatic rings. The Morgan fingerprint density at radius 2 is 1.78 bits per heavy atom. The summed E-state index contributed by atoms with van der Waals surface area (Å²) < 4.78 is 0. The molecule has 0 radical (unpaired) electrons. The van der Waals surface area contributed by atoms with E-state index in [9.17, 15) is 4.79 Å². The fraction of sp³-hybridized carbons (Fsp3) is 0.261. The van der Waals surface area contributed by atoms with Crippen molar-refractivity contribution in [3.05, 3.63) is 77.1 Å². The van der Waals surface area contributed by atoms with Crippen LogP contribution in [0.5, 0.6) is 0 Å². The lowest BCUT2D eigenvalue weighted by Crippen LogP contribution is -2.17. The van der Waals surface area contributed by atoms with Gasteiger partial charge in [-0.25, -0.2) is 9.97 Å². The number of nitrogens with one attached hydrogen (secondary N) is 1. The maximum absolute atomic E-state index is 12.3. The molecule has 0 bridgehead atoms. The lowest BCUT2D eigenvalue weighted by atomic mass is 9.92. The number of rotatable bonds is 5. The molecule has 1 aliphatic carbocycles. The molecule has 1 aliphatic rings. The molecular formula is C23H23N3O. The Kier molecular flexibility index (Phi) is 4.97. The fourth-order valence-electron chi connectivity index (χ4n) is 3.58. The van der Waals surface area contributed by atoms with Crippen molar-refractivity contribution in [3.8, 4) is 11.3 Å². The van der Waals surface area contributed by atoms with Gasteiger partial charge < -0.3 is 5.32 Å². The van der Waals surface area contributed by atoms with Crippen LogP contribution in [0.15, 0.2) is 54.6 Å². The molecule has 136 valence electrons. The number of aryl methyl sites for hydroxylation is 4. The van der Waals surface area contributed by atoms with Crippen LogP contribution in [0, 0.1) is 6.92 Å². The van der Waals surface area contributed by atoms with Crippen LogP contribution >= 0.6 is 0 Å². The van der Waals surface area contributed by atoms with Gasteiger partial charge in [-0.2, -0.15) is 0 Å². The summed E-state index contributed by atoms with van der Waals surface area (Å²) in [5, 5.41) is 2.96. The zero-order valence-electron chi connectivity index (χ0n) is 15.5. The normalized spacial score (nSPS) is 12.2. The molecule has 4 heteroatoms. The van der Waals surface area contributed by atoms with Crippen molar-refractivity contribution >= 4 is 11.7 Å². The third kappa shape index (κ3) is 3.90. The van der Waals surface area contributed by atoms with Gasteiger partial charge >= 0.3 is 0 Å². The van der Waals surface area contributed by atoms with Gasteiger partial charge in [0.2, 0.25) is 5.91 Å². The van der Waals surface area contributed by atoms with Crippen LogP contribution in [0.1, 0.15) is 35.4 Å². The first kappa shape index (κ1) is 17.4. The summed E-state index contributed by atoms with van der Waals surface area (Å²) in [5.41, 5.74) is 6.43. The Morgan fingerprint density at radius 1 is 1.00 bits per heavy atom. The lowest BCUT2D eigenvalue weighted by molar-refractivity contribution is -0.116. The number of fused-ring (bicyclic) bond motifs is 3. The Labute approximate surface area is 159 Å². The van der Waals surface area contributed by atoms with Gasteiger partial charge in [-0.3, -0.25) is 4.79 Å². The number of nitrogens with zero attached hydrogens (tertiary/aromatic N) is 2. The third-order valence-electron chi connectivity index (χ3n) is 5.02. The molecule has 4 nitrogen and oxygen atoms in total. The van der Waals surface area contributed by atoms with Crippen molar-refractivity contribution in [1.29, 1.82) is 0 Å². The van der Waals surface area contributed by atoms with Crippen molar-refractivity contribution in [2.24, 2.45) is 0 Å². The van der Waals surface area contributed by atoms with Crippen molar-refractivity contribution in [2.45, 2.75) is 39.0 Å². The number of amides is 1. The summed E-state index contributed by atoms with van der Waals surface area (Å²) >= 11 is 0. The number of benzene rings is 2. The molecule has 0 saturated heterocycles. The molecule has 0 spiro atoms. The molecular weight excluding hydrogens is 334 g/mol. The number of anilines is 1. The van der Waals surface area contributed by atoms with Crippen LogP contribution in [-0.4, -0.2) is 15.9 Å². The first-order valence-corrected chi connectivity index (χ1v) is 9.50. The molecule has 0 aliphatic heterocycles. The van der Waals surface area contributed by atoms with Crippen LogP contribution in [0.3, 0.4) is 0 Å². The zero-order valence-corrected chi connectivity index (χ0v) is 15.5. The number of hydrogen-bond acceptors (Lipinski definition) is 3. The first-order valence-electron chi connectivity index (χ1n) is 9.50. The van der Waals surface area contributed by atoms with Gasteiger partial charge in [-0.15, -0.1) is 0 Å². The van der Waals surface area contributed by atoms with E-state index in [1.807, 2.05) is 31.2 Å². The predicted octanol–water partition coefficient (Wildman–Crippen LogP) is 4.51. The number of aromatic nitrogens is 2. The average molecular weight is 357 g/mol. The fourth-order valence-corrected chi connectivity index (χ4v) is 3.58. The van der Waals surface area contributed by atoms with E-state index in [1.54, 1.807) is 0 Å². The zero-order chi connectivity index (χ0) is 18.6. The molecule has 0 fully saturated rings. The van der Waals surface area contributed by atoms with Gasteiger partial charge in [0.1, 0.15) is 0 Å². The molecule has 1 N–H and O–H groups in total.